The van der Waals surface area contributed by atoms with Crippen molar-refractivity contribution in [3.63, 3.8) is 0 Å². The number of non-ortho nitro benzene ring substituents is 1. The lowest BCUT2D eigenvalue weighted by Crippen LogP contribution is -2.73. The molecule has 3 aliphatic rings. The first-order valence-corrected chi connectivity index (χ1v) is 14.5. The van der Waals surface area contributed by atoms with Gasteiger partial charge in [-0.2, -0.15) is 4.31 Å². The number of nitro benzene ring substituents is 1. The summed E-state index contributed by atoms with van der Waals surface area (Å²) in [7, 11) is -4.14. The molecule has 6 atom stereocenters. The molecular weight excluding hydrogens is 544 g/mol. The second-order valence-corrected chi connectivity index (χ2v) is 12.3. The summed E-state index contributed by atoms with van der Waals surface area (Å²) in [5.41, 5.74) is -1.32. The number of aliphatic hydroxyl groups is 1. The van der Waals surface area contributed by atoms with Crippen LogP contribution in [0.1, 0.15) is 18.9 Å². The third kappa shape index (κ3) is 5.96. The number of fused-ring (bicyclic) bond motifs is 1. The van der Waals surface area contributed by atoms with Crippen LogP contribution in [0.4, 0.5) is 10.5 Å². The Kier molecular flexibility index (Phi) is 8.08. The fourth-order valence-corrected chi connectivity index (χ4v) is 7.05. The van der Waals surface area contributed by atoms with E-state index in [9.17, 15) is 28.4 Å². The number of sulfonamides is 1. The zero-order chi connectivity index (χ0) is 28.5. The van der Waals surface area contributed by atoms with Crippen molar-refractivity contribution in [1.29, 1.82) is 0 Å². The fourth-order valence-electron chi connectivity index (χ4n) is 5.49. The van der Waals surface area contributed by atoms with E-state index in [1.165, 1.54) is 12.1 Å². The molecule has 5 rings (SSSR count). The van der Waals surface area contributed by atoms with E-state index in [0.29, 0.717) is 13.0 Å². The van der Waals surface area contributed by atoms with Gasteiger partial charge in [0.25, 0.3) is 5.69 Å². The van der Waals surface area contributed by atoms with Gasteiger partial charge >= 0.3 is 6.09 Å². The monoisotopic (exact) mass is 576 g/mol. The molecule has 0 saturated carbocycles. The molecule has 0 spiro atoms. The number of piperazine rings is 1. The highest BCUT2D eigenvalue weighted by molar-refractivity contribution is 7.89. The summed E-state index contributed by atoms with van der Waals surface area (Å²) in [6, 6.07) is 12.3. The van der Waals surface area contributed by atoms with Crippen LogP contribution >= 0.6 is 0 Å². The summed E-state index contributed by atoms with van der Waals surface area (Å²) < 4.78 is 44.9. The summed E-state index contributed by atoms with van der Waals surface area (Å²) in [4.78, 5) is 23.3. The van der Waals surface area contributed by atoms with E-state index in [1.54, 1.807) is 6.92 Å². The predicted octanol–water partition coefficient (Wildman–Crippen LogP) is 1.36. The van der Waals surface area contributed by atoms with Gasteiger partial charge in [-0.25, -0.2) is 13.2 Å². The normalized spacial score (nSPS) is 29.4. The second-order valence-electron chi connectivity index (χ2n) is 10.4. The zero-order valence-corrected chi connectivity index (χ0v) is 22.7. The van der Waals surface area contributed by atoms with Crippen molar-refractivity contribution in [1.82, 2.24) is 14.9 Å². The topological polar surface area (TPSA) is 170 Å². The van der Waals surface area contributed by atoms with Crippen LogP contribution in [0.15, 0.2) is 59.5 Å². The number of hydrogen-bond acceptors (Lipinski definition) is 10. The Balaban J connectivity index is 1.37. The number of hydrogen-bond donors (Lipinski definition) is 3. The van der Waals surface area contributed by atoms with Crippen molar-refractivity contribution in [2.75, 3.05) is 26.3 Å². The number of carbonyl (C=O) groups is 1. The van der Waals surface area contributed by atoms with E-state index in [-0.39, 0.29) is 42.6 Å². The van der Waals surface area contributed by atoms with E-state index >= 15 is 0 Å². The third-order valence-electron chi connectivity index (χ3n) is 7.47. The SMILES string of the molecule is CC1CN(S(=O)(=O)c2ccc([N+](=O)[O-])cc2)C[C@@](O)([C@H](Cc2ccccc2)NC(=O)O[C@H]2CO[C@H]3OCC[C@H]32)N1. The summed E-state index contributed by atoms with van der Waals surface area (Å²) in [6.07, 6.45) is -0.791. The number of rotatable bonds is 8. The first kappa shape index (κ1) is 28.4. The minimum Gasteiger partial charge on any atom is -0.443 e. The number of nitrogens with one attached hydrogen (secondary N) is 2. The lowest BCUT2D eigenvalue weighted by Gasteiger charge is -2.46. The zero-order valence-electron chi connectivity index (χ0n) is 21.8. The van der Waals surface area contributed by atoms with Gasteiger partial charge in [0, 0.05) is 24.7 Å². The number of benzene rings is 2. The number of β-amino-alcohol motifs (C(OH)–C–C–N with tert-alkyl or cyclic N) is 1. The van der Waals surface area contributed by atoms with E-state index < -0.39 is 51.2 Å². The molecule has 0 radical (unpaired) electrons. The molecular formula is C26H32N4O9S. The molecule has 3 fully saturated rings. The Morgan fingerprint density at radius 3 is 2.67 bits per heavy atom. The van der Waals surface area contributed by atoms with E-state index in [0.717, 1.165) is 22.0 Å². The van der Waals surface area contributed by atoms with Gasteiger partial charge in [0.05, 0.1) is 41.5 Å². The molecule has 3 saturated heterocycles. The number of amides is 1. The quantitative estimate of drug-likeness (QED) is 0.308. The molecule has 3 N–H and O–H groups in total. The lowest BCUT2D eigenvalue weighted by atomic mass is 9.93. The minimum absolute atomic E-state index is 0.0343. The van der Waals surface area contributed by atoms with Crippen molar-refractivity contribution in [3.8, 4) is 0 Å². The molecule has 2 aromatic carbocycles. The Bertz CT molecular complexity index is 1330. The molecule has 14 heteroatoms. The van der Waals surface area contributed by atoms with Crippen LogP contribution in [0, 0.1) is 16.0 Å². The van der Waals surface area contributed by atoms with Gasteiger partial charge in [-0.15, -0.1) is 0 Å². The fraction of sp³-hybridized carbons (Fsp3) is 0.500. The first-order valence-electron chi connectivity index (χ1n) is 13.0. The van der Waals surface area contributed by atoms with Gasteiger partial charge < -0.3 is 24.6 Å². The maximum atomic E-state index is 13.5. The predicted molar refractivity (Wildman–Crippen MR) is 141 cm³/mol. The standard InChI is InChI=1S/C26H32N4O9S/c1-17-14-29(40(35,36)20-9-7-19(8-10-20)30(33)34)16-26(32,28-17)23(13-18-5-3-2-4-6-18)27-25(31)39-22-15-38-24-21(22)11-12-37-24/h2-10,17,21-24,28,32H,11-16H2,1H3,(H,27,31)/t17?,21-,22-,23-,24+,26+/m0/s1. The molecule has 2 aromatic rings. The summed E-state index contributed by atoms with van der Waals surface area (Å²) in [5.74, 6) is -0.0726. The molecule has 3 heterocycles. The third-order valence-corrected chi connectivity index (χ3v) is 9.30. The number of carbonyl (C=O) groups excluding carboxylic acids is 1. The van der Waals surface area contributed by atoms with Gasteiger partial charge in [0.15, 0.2) is 12.0 Å². The van der Waals surface area contributed by atoms with Crippen LogP contribution in [0.25, 0.3) is 0 Å². The Morgan fingerprint density at radius 2 is 1.98 bits per heavy atom. The van der Waals surface area contributed by atoms with Crippen LogP contribution in [0.5, 0.6) is 0 Å². The molecule has 3 aliphatic heterocycles. The molecule has 0 aliphatic carbocycles. The van der Waals surface area contributed by atoms with Crippen LogP contribution in [-0.2, 0) is 30.7 Å². The van der Waals surface area contributed by atoms with Crippen LogP contribution < -0.4 is 10.6 Å². The first-order chi connectivity index (χ1) is 19.0. The minimum atomic E-state index is -4.14. The van der Waals surface area contributed by atoms with Gasteiger partial charge in [0.2, 0.25) is 10.0 Å². The Labute approximate surface area is 231 Å². The van der Waals surface area contributed by atoms with Gasteiger partial charge in [-0.1, -0.05) is 30.3 Å². The van der Waals surface area contributed by atoms with Crippen LogP contribution in [0.2, 0.25) is 0 Å². The van der Waals surface area contributed by atoms with Crippen LogP contribution in [0.3, 0.4) is 0 Å². The van der Waals surface area contributed by atoms with Gasteiger partial charge in [0.1, 0.15) is 6.10 Å². The lowest BCUT2D eigenvalue weighted by molar-refractivity contribution is -0.384. The highest BCUT2D eigenvalue weighted by atomic mass is 32.2. The van der Waals surface area contributed by atoms with Crippen molar-refractivity contribution in [2.45, 2.75) is 54.9 Å². The van der Waals surface area contributed by atoms with Crippen molar-refractivity contribution >= 4 is 21.8 Å². The molecule has 13 nitrogen and oxygen atoms in total. The summed E-state index contributed by atoms with van der Waals surface area (Å²) in [6.45, 7) is 2.09. The van der Waals surface area contributed by atoms with Crippen molar-refractivity contribution < 1.29 is 37.5 Å². The Hall–Kier alpha value is -3.14. The van der Waals surface area contributed by atoms with E-state index in [1.807, 2.05) is 30.3 Å². The highest BCUT2D eigenvalue weighted by Crippen LogP contribution is 2.33. The summed E-state index contributed by atoms with van der Waals surface area (Å²) in [5, 5.41) is 28.8. The average Bonchev–Trinajstić information content (AvgIpc) is 3.54. The average molecular weight is 577 g/mol. The van der Waals surface area contributed by atoms with Gasteiger partial charge in [-0.05, 0) is 37.5 Å². The van der Waals surface area contributed by atoms with Gasteiger partial charge in [-0.3, -0.25) is 15.4 Å². The number of ether oxygens (including phenoxy) is 3. The van der Waals surface area contributed by atoms with Crippen molar-refractivity contribution in [2.24, 2.45) is 5.92 Å². The smallest absolute Gasteiger partial charge is 0.407 e. The number of nitrogens with zero attached hydrogens (tertiary/aromatic N) is 2. The molecule has 0 aromatic heterocycles. The number of alkyl carbamates (subject to hydrolysis) is 1. The summed E-state index contributed by atoms with van der Waals surface area (Å²) >= 11 is 0. The molecule has 1 unspecified atom stereocenters. The van der Waals surface area contributed by atoms with Crippen LogP contribution in [-0.4, -0.2) is 85.4 Å². The van der Waals surface area contributed by atoms with Crippen molar-refractivity contribution in [3.05, 3.63) is 70.3 Å². The highest BCUT2D eigenvalue weighted by Gasteiger charge is 2.48. The Morgan fingerprint density at radius 1 is 1.25 bits per heavy atom. The molecule has 40 heavy (non-hydrogen) atoms. The maximum absolute atomic E-state index is 13.5. The molecule has 216 valence electrons. The maximum Gasteiger partial charge on any atom is 0.407 e. The molecule has 1 amide bonds. The van der Waals surface area contributed by atoms with E-state index in [2.05, 4.69) is 10.6 Å². The largest absolute Gasteiger partial charge is 0.443 e. The number of nitro groups is 1. The second kappa shape index (κ2) is 11.4. The molecule has 0 bridgehead atoms. The van der Waals surface area contributed by atoms with E-state index in [4.69, 9.17) is 14.2 Å².